The molecule has 0 saturated carbocycles. The SMILES string of the molecule is CC(C)c1ccc(Sc2cccnc2C(=N)N)cc1. The average Bonchev–Trinajstić information content (AvgIpc) is 2.39. The van der Waals surface area contributed by atoms with E-state index < -0.39 is 0 Å². The van der Waals surface area contributed by atoms with Gasteiger partial charge in [-0.25, -0.2) is 0 Å². The molecule has 3 N–H and O–H groups in total. The van der Waals surface area contributed by atoms with Gasteiger partial charge in [0.15, 0.2) is 0 Å². The first-order valence-corrected chi connectivity index (χ1v) is 6.97. The molecule has 0 fully saturated rings. The van der Waals surface area contributed by atoms with Gasteiger partial charge in [-0.1, -0.05) is 37.7 Å². The van der Waals surface area contributed by atoms with Crippen LogP contribution in [0.15, 0.2) is 52.4 Å². The first kappa shape index (κ1) is 13.6. The number of amidine groups is 1. The Kier molecular flexibility index (Phi) is 4.22. The molecule has 98 valence electrons. The van der Waals surface area contributed by atoms with E-state index in [9.17, 15) is 0 Å². The van der Waals surface area contributed by atoms with E-state index >= 15 is 0 Å². The zero-order chi connectivity index (χ0) is 13.8. The molecule has 0 saturated heterocycles. The standard InChI is InChI=1S/C15H17N3S/c1-10(2)11-5-7-12(8-6-11)19-13-4-3-9-18-14(13)15(16)17/h3-10H,1-2H3,(H3,16,17). The Morgan fingerprint density at radius 2 is 1.89 bits per heavy atom. The summed E-state index contributed by atoms with van der Waals surface area (Å²) in [6.45, 7) is 4.36. The second-order valence-corrected chi connectivity index (χ2v) is 5.70. The van der Waals surface area contributed by atoms with Crippen molar-refractivity contribution in [2.24, 2.45) is 5.73 Å². The predicted molar refractivity (Wildman–Crippen MR) is 79.9 cm³/mol. The number of benzene rings is 1. The summed E-state index contributed by atoms with van der Waals surface area (Å²) >= 11 is 1.58. The van der Waals surface area contributed by atoms with Crippen molar-refractivity contribution in [2.75, 3.05) is 0 Å². The number of hydrogen-bond donors (Lipinski definition) is 2. The molecule has 1 heterocycles. The number of hydrogen-bond acceptors (Lipinski definition) is 3. The van der Waals surface area contributed by atoms with Crippen molar-refractivity contribution in [3.05, 3.63) is 53.9 Å². The smallest absolute Gasteiger partial charge is 0.142 e. The number of aromatic nitrogens is 1. The molecule has 0 aliphatic heterocycles. The summed E-state index contributed by atoms with van der Waals surface area (Å²) in [5.74, 6) is 0.534. The molecule has 0 amide bonds. The summed E-state index contributed by atoms with van der Waals surface area (Å²) in [6, 6.07) is 12.3. The van der Waals surface area contributed by atoms with Crippen LogP contribution in [0.2, 0.25) is 0 Å². The fourth-order valence-corrected chi connectivity index (χ4v) is 2.65. The van der Waals surface area contributed by atoms with Crippen molar-refractivity contribution in [1.29, 1.82) is 5.41 Å². The zero-order valence-electron chi connectivity index (χ0n) is 11.1. The van der Waals surface area contributed by atoms with Crippen molar-refractivity contribution < 1.29 is 0 Å². The maximum atomic E-state index is 7.53. The van der Waals surface area contributed by atoms with Gasteiger partial charge in [0.05, 0.1) is 0 Å². The highest BCUT2D eigenvalue weighted by atomic mass is 32.2. The maximum Gasteiger partial charge on any atom is 0.142 e. The van der Waals surface area contributed by atoms with Gasteiger partial charge in [0, 0.05) is 16.0 Å². The average molecular weight is 271 g/mol. The van der Waals surface area contributed by atoms with Crippen LogP contribution in [0.5, 0.6) is 0 Å². The van der Waals surface area contributed by atoms with Gasteiger partial charge in [-0.05, 0) is 35.7 Å². The van der Waals surface area contributed by atoms with Crippen molar-refractivity contribution in [2.45, 2.75) is 29.6 Å². The number of nitrogen functional groups attached to an aromatic ring is 1. The van der Waals surface area contributed by atoms with Gasteiger partial charge in [-0.2, -0.15) is 0 Å². The largest absolute Gasteiger partial charge is 0.382 e. The highest BCUT2D eigenvalue weighted by molar-refractivity contribution is 7.99. The lowest BCUT2D eigenvalue weighted by Gasteiger charge is -2.08. The lowest BCUT2D eigenvalue weighted by Crippen LogP contribution is -2.14. The van der Waals surface area contributed by atoms with Crippen molar-refractivity contribution in [1.82, 2.24) is 4.98 Å². The Hall–Kier alpha value is -1.81. The van der Waals surface area contributed by atoms with Crippen molar-refractivity contribution in [3.8, 4) is 0 Å². The van der Waals surface area contributed by atoms with Crippen LogP contribution in [0.1, 0.15) is 31.0 Å². The van der Waals surface area contributed by atoms with Crippen molar-refractivity contribution >= 4 is 17.6 Å². The van der Waals surface area contributed by atoms with Gasteiger partial charge in [0.1, 0.15) is 11.5 Å². The Morgan fingerprint density at radius 1 is 1.21 bits per heavy atom. The van der Waals surface area contributed by atoms with E-state index in [-0.39, 0.29) is 5.84 Å². The Morgan fingerprint density at radius 3 is 2.47 bits per heavy atom. The van der Waals surface area contributed by atoms with E-state index in [4.69, 9.17) is 11.1 Å². The minimum Gasteiger partial charge on any atom is -0.382 e. The Bertz CT molecular complexity index is 576. The molecule has 0 aliphatic carbocycles. The summed E-state index contributed by atoms with van der Waals surface area (Å²) in [4.78, 5) is 6.18. The van der Waals surface area contributed by atoms with Gasteiger partial charge in [-0.15, -0.1) is 0 Å². The summed E-state index contributed by atoms with van der Waals surface area (Å²) < 4.78 is 0. The molecule has 2 aromatic rings. The normalized spacial score (nSPS) is 10.7. The van der Waals surface area contributed by atoms with E-state index in [1.807, 2.05) is 12.1 Å². The minimum absolute atomic E-state index is 0.00176. The third-order valence-electron chi connectivity index (χ3n) is 2.80. The molecular formula is C15H17N3S. The van der Waals surface area contributed by atoms with Crippen LogP contribution in [0.4, 0.5) is 0 Å². The molecule has 19 heavy (non-hydrogen) atoms. The molecule has 0 unspecified atom stereocenters. The van der Waals surface area contributed by atoms with Crippen LogP contribution in [-0.4, -0.2) is 10.8 Å². The fourth-order valence-electron chi connectivity index (χ4n) is 1.72. The lowest BCUT2D eigenvalue weighted by atomic mass is 10.0. The number of nitrogens with zero attached hydrogens (tertiary/aromatic N) is 1. The first-order valence-electron chi connectivity index (χ1n) is 6.15. The van der Waals surface area contributed by atoms with Crippen LogP contribution in [0, 0.1) is 5.41 Å². The Balaban J connectivity index is 2.24. The molecule has 4 heteroatoms. The van der Waals surface area contributed by atoms with Crippen molar-refractivity contribution in [3.63, 3.8) is 0 Å². The molecule has 0 radical (unpaired) electrons. The van der Waals surface area contributed by atoms with Crippen LogP contribution in [0.3, 0.4) is 0 Å². The second kappa shape index (κ2) is 5.89. The molecule has 1 aromatic heterocycles. The van der Waals surface area contributed by atoms with Gasteiger partial charge in [-0.3, -0.25) is 10.4 Å². The number of nitrogens with two attached hydrogens (primary N) is 1. The summed E-state index contributed by atoms with van der Waals surface area (Å²) in [5.41, 5.74) is 7.40. The summed E-state index contributed by atoms with van der Waals surface area (Å²) in [6.07, 6.45) is 1.66. The van der Waals surface area contributed by atoms with E-state index in [1.54, 1.807) is 18.0 Å². The molecule has 2 rings (SSSR count). The summed E-state index contributed by atoms with van der Waals surface area (Å²) in [5, 5.41) is 7.53. The van der Waals surface area contributed by atoms with Crippen LogP contribution in [0.25, 0.3) is 0 Å². The molecule has 0 aliphatic rings. The van der Waals surface area contributed by atoms with Crippen LogP contribution >= 0.6 is 11.8 Å². The van der Waals surface area contributed by atoms with Gasteiger partial charge < -0.3 is 5.73 Å². The Labute approximate surface area is 117 Å². The maximum absolute atomic E-state index is 7.53. The number of nitrogens with one attached hydrogen (secondary N) is 1. The topological polar surface area (TPSA) is 62.8 Å². The van der Waals surface area contributed by atoms with E-state index in [0.717, 1.165) is 9.79 Å². The molecule has 0 spiro atoms. The van der Waals surface area contributed by atoms with Gasteiger partial charge in [0.2, 0.25) is 0 Å². The van der Waals surface area contributed by atoms with Gasteiger partial charge >= 0.3 is 0 Å². The van der Waals surface area contributed by atoms with E-state index in [0.29, 0.717) is 11.6 Å². The molecule has 0 bridgehead atoms. The fraction of sp³-hybridized carbons (Fsp3) is 0.200. The number of rotatable bonds is 4. The molecule has 0 atom stereocenters. The van der Waals surface area contributed by atoms with Crippen LogP contribution in [-0.2, 0) is 0 Å². The summed E-state index contributed by atoms with van der Waals surface area (Å²) in [7, 11) is 0. The number of pyridine rings is 1. The third-order valence-corrected chi connectivity index (χ3v) is 3.86. The molecule has 3 nitrogen and oxygen atoms in total. The minimum atomic E-state index is 0.00176. The third kappa shape index (κ3) is 3.35. The molecule has 1 aromatic carbocycles. The monoisotopic (exact) mass is 271 g/mol. The van der Waals surface area contributed by atoms with Gasteiger partial charge in [0.25, 0.3) is 0 Å². The predicted octanol–water partition coefficient (Wildman–Crippen LogP) is 3.64. The lowest BCUT2D eigenvalue weighted by molar-refractivity contribution is 0.865. The van der Waals surface area contributed by atoms with E-state index in [2.05, 4.69) is 43.1 Å². The highest BCUT2D eigenvalue weighted by Crippen LogP contribution is 2.30. The molecular weight excluding hydrogens is 254 g/mol. The quantitative estimate of drug-likeness (QED) is 0.659. The first-order chi connectivity index (χ1) is 9.08. The highest BCUT2D eigenvalue weighted by Gasteiger charge is 2.08. The van der Waals surface area contributed by atoms with Crippen LogP contribution < -0.4 is 5.73 Å². The second-order valence-electron chi connectivity index (χ2n) is 4.59. The zero-order valence-corrected chi connectivity index (χ0v) is 11.9. The van der Waals surface area contributed by atoms with E-state index in [1.165, 1.54) is 5.56 Å².